The minimum absolute atomic E-state index is 0.133. The average molecular weight is 344 g/mol. The molecule has 0 saturated heterocycles. The number of furan rings is 1. The zero-order valence-electron chi connectivity index (χ0n) is 12.1. The molecule has 0 saturated carbocycles. The highest BCUT2D eigenvalue weighted by molar-refractivity contribution is 5.96. The third-order valence-corrected chi connectivity index (χ3v) is 3.03. The standard InChI is InChI=1S/C15H12F4N2O3/c16-11-3-1-9(2-4-11)13(15(17,18)19)21-12(22)7-20-14(23)10-5-6-24-8-10/h1-6,8,13H,7H2,(H,20,23)(H,21,22)/t13-/m0/s1. The summed E-state index contributed by atoms with van der Waals surface area (Å²) in [5, 5.41) is 3.93. The Bertz CT molecular complexity index is 697. The lowest BCUT2D eigenvalue weighted by atomic mass is 10.1. The predicted molar refractivity (Wildman–Crippen MR) is 74.4 cm³/mol. The van der Waals surface area contributed by atoms with Gasteiger partial charge in [0.1, 0.15) is 12.1 Å². The molecule has 2 rings (SSSR count). The zero-order chi connectivity index (χ0) is 17.7. The molecule has 2 amide bonds. The van der Waals surface area contributed by atoms with Crippen LogP contribution in [0.2, 0.25) is 0 Å². The summed E-state index contributed by atoms with van der Waals surface area (Å²) in [6, 6.07) is 2.61. The Morgan fingerprint density at radius 1 is 1.12 bits per heavy atom. The molecule has 0 aliphatic rings. The van der Waals surface area contributed by atoms with Gasteiger partial charge in [0.25, 0.3) is 5.91 Å². The number of rotatable bonds is 5. The van der Waals surface area contributed by atoms with E-state index in [1.165, 1.54) is 12.3 Å². The van der Waals surface area contributed by atoms with Crippen LogP contribution < -0.4 is 10.6 Å². The molecule has 0 unspecified atom stereocenters. The van der Waals surface area contributed by atoms with Crippen molar-refractivity contribution in [3.8, 4) is 0 Å². The first-order valence-corrected chi connectivity index (χ1v) is 6.69. The molecular formula is C15H12F4N2O3. The summed E-state index contributed by atoms with van der Waals surface area (Å²) in [5.74, 6) is -2.40. The molecule has 0 radical (unpaired) electrons. The van der Waals surface area contributed by atoms with Crippen LogP contribution in [0.3, 0.4) is 0 Å². The highest BCUT2D eigenvalue weighted by Gasteiger charge is 2.41. The number of carbonyl (C=O) groups is 2. The quantitative estimate of drug-likeness (QED) is 0.819. The second-order valence-corrected chi connectivity index (χ2v) is 4.79. The molecule has 0 aliphatic heterocycles. The molecule has 0 aliphatic carbocycles. The summed E-state index contributed by atoms with van der Waals surface area (Å²) in [6.07, 6.45) is -2.41. The van der Waals surface area contributed by atoms with E-state index < -0.39 is 36.4 Å². The first kappa shape index (κ1) is 17.5. The van der Waals surface area contributed by atoms with Crippen LogP contribution >= 0.6 is 0 Å². The number of halogens is 4. The van der Waals surface area contributed by atoms with Crippen molar-refractivity contribution in [2.24, 2.45) is 0 Å². The van der Waals surface area contributed by atoms with Crippen LogP contribution in [-0.4, -0.2) is 24.5 Å². The van der Waals surface area contributed by atoms with Crippen LogP contribution in [0, 0.1) is 5.82 Å². The van der Waals surface area contributed by atoms with Gasteiger partial charge in [-0.05, 0) is 23.8 Å². The largest absolute Gasteiger partial charge is 0.472 e. The average Bonchev–Trinajstić information content (AvgIpc) is 3.05. The number of hydrogen-bond acceptors (Lipinski definition) is 3. The van der Waals surface area contributed by atoms with Crippen LogP contribution in [0.15, 0.2) is 47.3 Å². The van der Waals surface area contributed by atoms with Crippen molar-refractivity contribution in [1.29, 1.82) is 0 Å². The molecule has 24 heavy (non-hydrogen) atoms. The molecule has 0 bridgehead atoms. The normalized spacial score (nSPS) is 12.5. The van der Waals surface area contributed by atoms with Crippen molar-refractivity contribution in [1.82, 2.24) is 10.6 Å². The molecule has 5 nitrogen and oxygen atoms in total. The minimum atomic E-state index is -4.78. The second kappa shape index (κ2) is 7.16. The van der Waals surface area contributed by atoms with Crippen LogP contribution in [0.25, 0.3) is 0 Å². The molecule has 9 heteroatoms. The first-order valence-electron chi connectivity index (χ1n) is 6.69. The summed E-state index contributed by atoms with van der Waals surface area (Å²) in [6.45, 7) is -0.655. The molecule has 2 N–H and O–H groups in total. The number of amides is 2. The van der Waals surface area contributed by atoms with Gasteiger partial charge in [0.05, 0.1) is 18.4 Å². The molecule has 1 atom stereocenters. The fourth-order valence-corrected chi connectivity index (χ4v) is 1.88. The summed E-state index contributed by atoms with van der Waals surface area (Å²) < 4.78 is 56.7. The van der Waals surface area contributed by atoms with E-state index in [0.717, 1.165) is 30.5 Å². The van der Waals surface area contributed by atoms with E-state index >= 15 is 0 Å². The molecule has 1 aromatic carbocycles. The second-order valence-electron chi connectivity index (χ2n) is 4.79. The van der Waals surface area contributed by atoms with Gasteiger partial charge in [0, 0.05) is 0 Å². The van der Waals surface area contributed by atoms with E-state index in [1.54, 1.807) is 5.32 Å². The highest BCUT2D eigenvalue weighted by atomic mass is 19.4. The van der Waals surface area contributed by atoms with Crippen LogP contribution in [0.1, 0.15) is 22.0 Å². The van der Waals surface area contributed by atoms with E-state index in [-0.39, 0.29) is 11.1 Å². The van der Waals surface area contributed by atoms with Crippen molar-refractivity contribution < 1.29 is 31.6 Å². The molecule has 128 valence electrons. The molecule has 0 spiro atoms. The Hall–Kier alpha value is -2.84. The van der Waals surface area contributed by atoms with Crippen molar-refractivity contribution in [3.63, 3.8) is 0 Å². The van der Waals surface area contributed by atoms with Gasteiger partial charge in [-0.1, -0.05) is 12.1 Å². The maximum atomic E-state index is 13.1. The Kier molecular flexibility index (Phi) is 5.22. The van der Waals surface area contributed by atoms with Gasteiger partial charge < -0.3 is 15.1 Å². The van der Waals surface area contributed by atoms with Gasteiger partial charge in [0.15, 0.2) is 6.04 Å². The molecule has 1 heterocycles. The third kappa shape index (κ3) is 4.58. The Morgan fingerprint density at radius 2 is 1.79 bits per heavy atom. The van der Waals surface area contributed by atoms with E-state index in [0.29, 0.717) is 0 Å². The van der Waals surface area contributed by atoms with Gasteiger partial charge in [0.2, 0.25) is 5.91 Å². The van der Waals surface area contributed by atoms with Crippen LogP contribution in [0.4, 0.5) is 17.6 Å². The van der Waals surface area contributed by atoms with Gasteiger partial charge in [-0.25, -0.2) is 4.39 Å². The smallest absolute Gasteiger partial charge is 0.412 e. The lowest BCUT2D eigenvalue weighted by Crippen LogP contribution is -2.43. The minimum Gasteiger partial charge on any atom is -0.472 e. The number of benzene rings is 1. The molecular weight excluding hydrogens is 332 g/mol. The van der Waals surface area contributed by atoms with Gasteiger partial charge in [-0.15, -0.1) is 0 Å². The first-order chi connectivity index (χ1) is 11.3. The lowest BCUT2D eigenvalue weighted by molar-refractivity contribution is -0.163. The van der Waals surface area contributed by atoms with Gasteiger partial charge in [-0.3, -0.25) is 9.59 Å². The molecule has 2 aromatic rings. The number of alkyl halides is 3. The topological polar surface area (TPSA) is 71.3 Å². The van der Waals surface area contributed by atoms with Crippen molar-refractivity contribution >= 4 is 11.8 Å². The zero-order valence-corrected chi connectivity index (χ0v) is 12.1. The summed E-state index contributed by atoms with van der Waals surface area (Å²) in [4.78, 5) is 23.3. The fourth-order valence-electron chi connectivity index (χ4n) is 1.88. The van der Waals surface area contributed by atoms with E-state index in [9.17, 15) is 27.2 Å². The number of hydrogen-bond donors (Lipinski definition) is 2. The predicted octanol–water partition coefficient (Wildman–Crippen LogP) is 2.57. The highest BCUT2D eigenvalue weighted by Crippen LogP contribution is 2.32. The summed E-state index contributed by atoms with van der Waals surface area (Å²) in [7, 11) is 0. The molecule has 1 aromatic heterocycles. The number of carbonyl (C=O) groups excluding carboxylic acids is 2. The Morgan fingerprint density at radius 3 is 2.33 bits per heavy atom. The van der Waals surface area contributed by atoms with Crippen LogP contribution in [-0.2, 0) is 4.79 Å². The number of nitrogens with one attached hydrogen (secondary N) is 2. The summed E-state index contributed by atoms with van der Waals surface area (Å²) in [5.41, 5.74) is -0.188. The van der Waals surface area contributed by atoms with Crippen molar-refractivity contribution in [2.75, 3.05) is 6.54 Å². The Labute approximate surface area is 133 Å². The maximum absolute atomic E-state index is 13.1. The SMILES string of the molecule is O=C(CNC(=O)c1ccoc1)N[C@@H](c1ccc(F)cc1)C(F)(F)F. The lowest BCUT2D eigenvalue weighted by Gasteiger charge is -2.22. The van der Waals surface area contributed by atoms with Crippen molar-refractivity contribution in [3.05, 3.63) is 59.8 Å². The molecule has 0 fully saturated rings. The fraction of sp³-hybridized carbons (Fsp3) is 0.200. The van der Waals surface area contributed by atoms with E-state index in [4.69, 9.17) is 0 Å². The maximum Gasteiger partial charge on any atom is 0.412 e. The Balaban J connectivity index is 2.00. The van der Waals surface area contributed by atoms with Gasteiger partial charge >= 0.3 is 6.18 Å². The third-order valence-electron chi connectivity index (χ3n) is 3.03. The van der Waals surface area contributed by atoms with Gasteiger partial charge in [-0.2, -0.15) is 13.2 Å². The van der Waals surface area contributed by atoms with Crippen LogP contribution in [0.5, 0.6) is 0 Å². The monoisotopic (exact) mass is 344 g/mol. The summed E-state index contributed by atoms with van der Waals surface area (Å²) >= 11 is 0. The van der Waals surface area contributed by atoms with E-state index in [1.807, 2.05) is 0 Å². The van der Waals surface area contributed by atoms with Crippen molar-refractivity contribution in [2.45, 2.75) is 12.2 Å². The van der Waals surface area contributed by atoms with E-state index in [2.05, 4.69) is 9.73 Å².